The number of nitrogens with one attached hydrogen (secondary N) is 1. The number of nitrogens with zero attached hydrogens (tertiary/aromatic N) is 1. The molecule has 0 aliphatic carbocycles. The van der Waals surface area contributed by atoms with Crippen LogP contribution in [0.1, 0.15) is 6.92 Å². The van der Waals surface area contributed by atoms with Gasteiger partial charge in [-0.1, -0.05) is 12.1 Å². The van der Waals surface area contributed by atoms with Gasteiger partial charge in [0.05, 0.1) is 31.9 Å². The van der Waals surface area contributed by atoms with Crippen LogP contribution in [0, 0.1) is 5.82 Å². The Balaban J connectivity index is 2.38. The fraction of sp³-hybridized carbons (Fsp3) is 0.278. The summed E-state index contributed by atoms with van der Waals surface area (Å²) < 4.78 is 49.7. The maximum absolute atomic E-state index is 14.2. The number of para-hydroxylation sites is 1. The lowest BCUT2D eigenvalue weighted by Crippen LogP contribution is -2.45. The van der Waals surface area contributed by atoms with Gasteiger partial charge in [-0.2, -0.15) is 0 Å². The number of hydrogen-bond donors (Lipinski definition) is 1. The molecule has 0 unspecified atom stereocenters. The predicted molar refractivity (Wildman–Crippen MR) is 101 cm³/mol. The largest absolute Gasteiger partial charge is 0.497 e. The molecule has 0 saturated heterocycles. The van der Waals surface area contributed by atoms with Gasteiger partial charge in [0.25, 0.3) is 0 Å². The van der Waals surface area contributed by atoms with Crippen LogP contribution < -0.4 is 19.1 Å². The van der Waals surface area contributed by atoms with E-state index in [4.69, 9.17) is 9.47 Å². The Morgan fingerprint density at radius 1 is 1.15 bits per heavy atom. The smallest absolute Gasteiger partial charge is 0.248 e. The van der Waals surface area contributed by atoms with E-state index in [0.29, 0.717) is 17.2 Å². The number of sulfonamides is 1. The summed E-state index contributed by atoms with van der Waals surface area (Å²) in [5.74, 6) is -0.558. The van der Waals surface area contributed by atoms with Gasteiger partial charge in [-0.3, -0.25) is 9.10 Å². The second kappa shape index (κ2) is 8.26. The summed E-state index contributed by atoms with van der Waals surface area (Å²) in [7, 11) is -1.02. The van der Waals surface area contributed by atoms with Gasteiger partial charge in [0.15, 0.2) is 0 Å². The van der Waals surface area contributed by atoms with Crippen molar-refractivity contribution in [2.75, 3.05) is 30.1 Å². The van der Waals surface area contributed by atoms with E-state index >= 15 is 0 Å². The molecule has 0 spiro atoms. The van der Waals surface area contributed by atoms with Crippen LogP contribution in [0.15, 0.2) is 42.5 Å². The Morgan fingerprint density at radius 3 is 2.37 bits per heavy atom. The summed E-state index contributed by atoms with van der Waals surface area (Å²) in [5, 5.41) is 2.61. The molecule has 7 nitrogen and oxygen atoms in total. The first-order valence-electron chi connectivity index (χ1n) is 7.96. The van der Waals surface area contributed by atoms with Crippen molar-refractivity contribution in [3.63, 3.8) is 0 Å². The van der Waals surface area contributed by atoms with Gasteiger partial charge in [0, 0.05) is 6.07 Å². The highest BCUT2D eigenvalue weighted by molar-refractivity contribution is 7.92. The normalized spacial score (nSPS) is 12.2. The summed E-state index contributed by atoms with van der Waals surface area (Å²) in [6.45, 7) is 1.37. The second-order valence-electron chi connectivity index (χ2n) is 5.74. The van der Waals surface area contributed by atoms with Gasteiger partial charge in [0.2, 0.25) is 15.9 Å². The zero-order valence-corrected chi connectivity index (χ0v) is 16.2. The number of amides is 1. The molecule has 1 amide bonds. The first-order chi connectivity index (χ1) is 12.7. The highest BCUT2D eigenvalue weighted by atomic mass is 32.2. The molecule has 2 aromatic rings. The number of ether oxygens (including phenoxy) is 2. The van der Waals surface area contributed by atoms with E-state index < -0.39 is 27.8 Å². The molecule has 0 saturated carbocycles. The fourth-order valence-electron chi connectivity index (χ4n) is 2.56. The zero-order valence-electron chi connectivity index (χ0n) is 15.4. The van der Waals surface area contributed by atoms with Crippen molar-refractivity contribution in [1.82, 2.24) is 0 Å². The van der Waals surface area contributed by atoms with Crippen LogP contribution in [0.25, 0.3) is 0 Å². The molecule has 146 valence electrons. The summed E-state index contributed by atoms with van der Waals surface area (Å²) >= 11 is 0. The number of benzene rings is 2. The number of carbonyl (C=O) groups excluding carboxylic acids is 1. The molecular weight excluding hydrogens is 375 g/mol. The Labute approximate surface area is 157 Å². The topological polar surface area (TPSA) is 84.9 Å². The molecule has 0 bridgehead atoms. The molecule has 1 N–H and O–H groups in total. The van der Waals surface area contributed by atoms with Gasteiger partial charge in [0.1, 0.15) is 23.4 Å². The van der Waals surface area contributed by atoms with E-state index in [1.807, 2.05) is 0 Å². The molecule has 1 atom stereocenters. The zero-order chi connectivity index (χ0) is 20.2. The van der Waals surface area contributed by atoms with Crippen LogP contribution in [0.5, 0.6) is 11.5 Å². The molecule has 2 rings (SSSR count). The van der Waals surface area contributed by atoms with E-state index in [0.717, 1.165) is 16.6 Å². The molecule has 27 heavy (non-hydrogen) atoms. The van der Waals surface area contributed by atoms with Gasteiger partial charge < -0.3 is 14.8 Å². The monoisotopic (exact) mass is 396 g/mol. The van der Waals surface area contributed by atoms with Crippen LogP contribution in [0.3, 0.4) is 0 Å². The average molecular weight is 396 g/mol. The highest BCUT2D eigenvalue weighted by Crippen LogP contribution is 2.30. The minimum absolute atomic E-state index is 0.208. The van der Waals surface area contributed by atoms with Crippen molar-refractivity contribution in [1.29, 1.82) is 0 Å². The molecular formula is C18H21FN2O5S. The minimum atomic E-state index is -3.93. The molecule has 0 fully saturated rings. The lowest BCUT2D eigenvalue weighted by molar-refractivity contribution is -0.116. The third-order valence-corrected chi connectivity index (χ3v) is 5.07. The van der Waals surface area contributed by atoms with Crippen molar-refractivity contribution in [2.24, 2.45) is 0 Å². The Hall–Kier alpha value is -2.81. The first-order valence-corrected chi connectivity index (χ1v) is 9.80. The lowest BCUT2D eigenvalue weighted by Gasteiger charge is -2.28. The van der Waals surface area contributed by atoms with Crippen molar-refractivity contribution in [3.8, 4) is 11.5 Å². The summed E-state index contributed by atoms with van der Waals surface area (Å²) in [6.07, 6.45) is 0.912. The van der Waals surface area contributed by atoms with E-state index in [1.165, 1.54) is 45.4 Å². The third-order valence-electron chi connectivity index (χ3n) is 3.84. The number of carbonyl (C=O) groups is 1. The Kier molecular flexibility index (Phi) is 6.27. The highest BCUT2D eigenvalue weighted by Gasteiger charge is 2.31. The van der Waals surface area contributed by atoms with Crippen molar-refractivity contribution in [3.05, 3.63) is 48.3 Å². The number of hydrogen-bond acceptors (Lipinski definition) is 5. The van der Waals surface area contributed by atoms with Gasteiger partial charge in [-0.05, 0) is 31.2 Å². The quantitative estimate of drug-likeness (QED) is 0.778. The lowest BCUT2D eigenvalue weighted by atomic mass is 10.2. The molecule has 0 radical (unpaired) electrons. The SMILES string of the molecule is COc1ccc(OC)c(NC(=O)[C@@H](C)N(c2ccccc2F)S(C)(=O)=O)c1. The van der Waals surface area contributed by atoms with Crippen LogP contribution in [-0.4, -0.2) is 40.8 Å². The molecule has 0 aliphatic heterocycles. The first kappa shape index (κ1) is 20.5. The van der Waals surface area contributed by atoms with Crippen molar-refractivity contribution >= 4 is 27.3 Å². The van der Waals surface area contributed by atoms with Gasteiger partial charge in [-0.25, -0.2) is 12.8 Å². The van der Waals surface area contributed by atoms with E-state index in [-0.39, 0.29) is 5.69 Å². The molecule has 2 aromatic carbocycles. The number of methoxy groups -OCH3 is 2. The maximum Gasteiger partial charge on any atom is 0.248 e. The van der Waals surface area contributed by atoms with E-state index in [1.54, 1.807) is 12.1 Å². The maximum atomic E-state index is 14.2. The van der Waals surface area contributed by atoms with Crippen LogP contribution in [0.2, 0.25) is 0 Å². The van der Waals surface area contributed by atoms with Crippen LogP contribution >= 0.6 is 0 Å². The standard InChI is InChI=1S/C18H21FN2O5S/c1-12(21(27(4,23)24)16-8-6-5-7-14(16)19)18(22)20-15-11-13(25-2)9-10-17(15)26-3/h5-12H,1-4H3,(H,20,22)/t12-/m1/s1. The number of rotatable bonds is 7. The van der Waals surface area contributed by atoms with Gasteiger partial charge in [-0.15, -0.1) is 0 Å². The number of halogens is 1. The van der Waals surface area contributed by atoms with E-state index in [9.17, 15) is 17.6 Å². The van der Waals surface area contributed by atoms with Crippen molar-refractivity contribution in [2.45, 2.75) is 13.0 Å². The van der Waals surface area contributed by atoms with Gasteiger partial charge >= 0.3 is 0 Å². The third kappa shape index (κ3) is 4.68. The van der Waals surface area contributed by atoms with Crippen LogP contribution in [-0.2, 0) is 14.8 Å². The molecule has 9 heteroatoms. The van der Waals surface area contributed by atoms with Crippen LogP contribution in [0.4, 0.5) is 15.8 Å². The molecule has 0 aliphatic rings. The summed E-state index contributed by atoms with van der Waals surface area (Å²) in [4.78, 5) is 12.7. The average Bonchev–Trinajstić information content (AvgIpc) is 2.62. The predicted octanol–water partition coefficient (Wildman–Crippen LogP) is 2.64. The molecule has 0 aromatic heterocycles. The minimum Gasteiger partial charge on any atom is -0.497 e. The van der Waals surface area contributed by atoms with E-state index in [2.05, 4.69) is 5.32 Å². The Bertz CT molecular complexity index is 933. The Morgan fingerprint density at radius 2 is 1.81 bits per heavy atom. The summed E-state index contributed by atoms with van der Waals surface area (Å²) in [6, 6.07) is 8.93. The second-order valence-corrected chi connectivity index (χ2v) is 7.60. The molecule has 0 heterocycles. The fourth-order valence-corrected chi connectivity index (χ4v) is 3.74. The number of anilines is 2. The van der Waals surface area contributed by atoms with Crippen molar-refractivity contribution < 1.29 is 27.1 Å². The summed E-state index contributed by atoms with van der Waals surface area (Å²) in [5.41, 5.74) is 0.0935.